The van der Waals surface area contributed by atoms with Gasteiger partial charge in [0.15, 0.2) is 5.82 Å². The average Bonchev–Trinajstić information content (AvgIpc) is 3.21. The third-order valence-corrected chi connectivity index (χ3v) is 9.51. The zero-order chi connectivity index (χ0) is 33.3. The van der Waals surface area contributed by atoms with Crippen molar-refractivity contribution in [2.45, 2.75) is 6.04 Å². The largest absolute Gasteiger partial charge is 0.282 e. The number of aliphatic imine (C=N–C) groups is 1. The summed E-state index contributed by atoms with van der Waals surface area (Å²) in [5, 5.41) is 0. The minimum absolute atomic E-state index is 0.0488. The summed E-state index contributed by atoms with van der Waals surface area (Å²) in [6, 6.07) is 52.9. The molecule has 0 fully saturated rings. The van der Waals surface area contributed by atoms with E-state index in [1.165, 1.54) is 11.1 Å². The van der Waals surface area contributed by atoms with E-state index in [1.54, 1.807) is 0 Å². The molecule has 9 rings (SSSR count). The molecule has 2 atom stereocenters. The first-order chi connectivity index (χ1) is 24.7. The second kappa shape index (κ2) is 12.8. The van der Waals surface area contributed by atoms with Gasteiger partial charge in [0.1, 0.15) is 6.04 Å². The van der Waals surface area contributed by atoms with Gasteiger partial charge in [-0.25, -0.2) is 15.0 Å². The fourth-order valence-corrected chi connectivity index (χ4v) is 6.78. The minimum Gasteiger partial charge on any atom is -0.282 e. The molecular formula is C46H32N4. The van der Waals surface area contributed by atoms with Crippen LogP contribution in [-0.4, -0.2) is 21.2 Å². The van der Waals surface area contributed by atoms with Crippen molar-refractivity contribution in [1.82, 2.24) is 15.0 Å². The normalized spacial score (nSPS) is 15.8. The molecule has 0 radical (unpaired) electrons. The first kappa shape index (κ1) is 29.6. The van der Waals surface area contributed by atoms with Gasteiger partial charge < -0.3 is 0 Å². The summed E-state index contributed by atoms with van der Waals surface area (Å²) in [6.07, 6.45) is 10.5. The molecule has 0 saturated heterocycles. The SMILES string of the molecule is C1=CC2C=Cc3ccc(-c4ccc(-c5ccc(-c6cc(-c7ccc(-c8ccccc8)cc7)nc(-c7ccccc7)n6)cc5)cc4)nc3C2N=C1. The minimum atomic E-state index is 0.0488. The van der Waals surface area contributed by atoms with E-state index in [0.717, 1.165) is 61.7 Å². The van der Waals surface area contributed by atoms with Gasteiger partial charge in [-0.05, 0) is 46.0 Å². The Bertz CT molecular complexity index is 2390. The lowest BCUT2D eigenvalue weighted by Gasteiger charge is -2.25. The Balaban J connectivity index is 1.00. The van der Waals surface area contributed by atoms with Crippen LogP contribution in [0.15, 0.2) is 175 Å². The molecule has 0 N–H and O–H groups in total. The number of aromatic nitrogens is 3. The summed E-state index contributed by atoms with van der Waals surface area (Å²) in [7, 11) is 0. The number of fused-ring (bicyclic) bond motifs is 3. The molecule has 0 amide bonds. The quantitative estimate of drug-likeness (QED) is 0.182. The predicted molar refractivity (Wildman–Crippen MR) is 205 cm³/mol. The molecule has 1 aliphatic heterocycles. The van der Waals surface area contributed by atoms with Crippen LogP contribution in [0.1, 0.15) is 17.3 Å². The van der Waals surface area contributed by atoms with Crippen molar-refractivity contribution in [3.8, 4) is 67.4 Å². The maximum absolute atomic E-state index is 5.08. The molecule has 2 unspecified atom stereocenters. The second-order valence-corrected chi connectivity index (χ2v) is 12.7. The van der Waals surface area contributed by atoms with Crippen molar-refractivity contribution in [2.75, 3.05) is 0 Å². The summed E-state index contributed by atoms with van der Waals surface area (Å²) in [6.45, 7) is 0. The summed E-state index contributed by atoms with van der Waals surface area (Å²) < 4.78 is 0. The van der Waals surface area contributed by atoms with E-state index in [9.17, 15) is 0 Å². The van der Waals surface area contributed by atoms with Gasteiger partial charge in [-0.3, -0.25) is 4.99 Å². The first-order valence-electron chi connectivity index (χ1n) is 17.0. The molecular weight excluding hydrogens is 609 g/mol. The van der Waals surface area contributed by atoms with Crippen molar-refractivity contribution in [3.05, 3.63) is 181 Å². The van der Waals surface area contributed by atoms with E-state index in [-0.39, 0.29) is 12.0 Å². The number of rotatable bonds is 6. The number of hydrogen-bond donors (Lipinski definition) is 0. The van der Waals surface area contributed by atoms with E-state index in [1.807, 2.05) is 36.6 Å². The van der Waals surface area contributed by atoms with Gasteiger partial charge in [0.05, 0.1) is 22.8 Å². The highest BCUT2D eigenvalue weighted by molar-refractivity contribution is 5.77. The van der Waals surface area contributed by atoms with E-state index in [0.29, 0.717) is 5.82 Å². The Kier molecular flexibility index (Phi) is 7.60. The Morgan fingerprint density at radius 2 is 0.900 bits per heavy atom. The molecule has 4 nitrogen and oxygen atoms in total. The third kappa shape index (κ3) is 5.78. The van der Waals surface area contributed by atoms with Gasteiger partial charge in [-0.1, -0.05) is 158 Å². The van der Waals surface area contributed by atoms with Gasteiger partial charge in [0.2, 0.25) is 0 Å². The van der Waals surface area contributed by atoms with E-state index >= 15 is 0 Å². The molecule has 0 bridgehead atoms. The van der Waals surface area contributed by atoms with Crippen molar-refractivity contribution in [3.63, 3.8) is 0 Å². The third-order valence-electron chi connectivity index (χ3n) is 9.51. The van der Waals surface area contributed by atoms with Gasteiger partial charge in [-0.15, -0.1) is 0 Å². The Labute approximate surface area is 291 Å². The van der Waals surface area contributed by atoms with Crippen LogP contribution in [0.3, 0.4) is 0 Å². The van der Waals surface area contributed by atoms with Gasteiger partial charge in [0.25, 0.3) is 0 Å². The number of allylic oxidation sites excluding steroid dienone is 1. The number of nitrogens with zero attached hydrogens (tertiary/aromatic N) is 4. The molecule has 0 spiro atoms. The lowest BCUT2D eigenvalue weighted by Crippen LogP contribution is -2.16. The molecule has 2 aromatic heterocycles. The monoisotopic (exact) mass is 640 g/mol. The lowest BCUT2D eigenvalue weighted by atomic mass is 9.87. The smallest absolute Gasteiger partial charge is 0.160 e. The fourth-order valence-electron chi connectivity index (χ4n) is 6.78. The molecule has 0 saturated carbocycles. The predicted octanol–water partition coefficient (Wildman–Crippen LogP) is 11.2. The van der Waals surface area contributed by atoms with Crippen LogP contribution in [-0.2, 0) is 0 Å². The highest BCUT2D eigenvalue weighted by atomic mass is 14.9. The van der Waals surface area contributed by atoms with Crippen LogP contribution in [0.4, 0.5) is 0 Å². The van der Waals surface area contributed by atoms with E-state index < -0.39 is 0 Å². The fraction of sp³-hybridized carbons (Fsp3) is 0.0435. The van der Waals surface area contributed by atoms with Gasteiger partial charge >= 0.3 is 0 Å². The summed E-state index contributed by atoms with van der Waals surface area (Å²) in [4.78, 5) is 19.9. The van der Waals surface area contributed by atoms with Crippen LogP contribution in [0.25, 0.3) is 73.5 Å². The number of benzene rings is 5. The highest BCUT2D eigenvalue weighted by Crippen LogP contribution is 2.38. The van der Waals surface area contributed by atoms with E-state index in [2.05, 4.69) is 146 Å². The number of dihydropyridines is 1. The summed E-state index contributed by atoms with van der Waals surface area (Å²) >= 11 is 0. The Morgan fingerprint density at radius 3 is 1.48 bits per heavy atom. The highest BCUT2D eigenvalue weighted by Gasteiger charge is 2.26. The topological polar surface area (TPSA) is 51.0 Å². The Hall–Kier alpha value is -6.52. The van der Waals surface area contributed by atoms with Crippen LogP contribution in [0, 0.1) is 5.92 Å². The van der Waals surface area contributed by atoms with Gasteiger partial charge in [-0.2, -0.15) is 0 Å². The van der Waals surface area contributed by atoms with Gasteiger partial charge in [0, 0.05) is 34.4 Å². The van der Waals surface area contributed by atoms with Crippen LogP contribution in [0.5, 0.6) is 0 Å². The van der Waals surface area contributed by atoms with Crippen molar-refractivity contribution >= 4 is 12.3 Å². The van der Waals surface area contributed by atoms with Crippen LogP contribution in [0.2, 0.25) is 0 Å². The summed E-state index contributed by atoms with van der Waals surface area (Å²) in [5.41, 5.74) is 13.8. The first-order valence-corrected chi connectivity index (χ1v) is 17.0. The Morgan fingerprint density at radius 1 is 0.400 bits per heavy atom. The molecule has 3 heterocycles. The molecule has 50 heavy (non-hydrogen) atoms. The lowest BCUT2D eigenvalue weighted by molar-refractivity contribution is 0.594. The average molecular weight is 641 g/mol. The molecule has 236 valence electrons. The standard InChI is InChI=1S/C46H32N4/c1-3-8-31(9-4-1)32-15-21-36(22-16-32)42-30-43(50-46(49-42)40-10-5-2-6-11-40)37-23-17-34(18-24-37)33-13-19-35(20-14-33)41-28-27-39-26-25-38-12-7-29-47-44(38)45(39)48-41/h1-30,38,44H. The van der Waals surface area contributed by atoms with Crippen LogP contribution >= 0.6 is 0 Å². The molecule has 7 aromatic rings. The van der Waals surface area contributed by atoms with Crippen molar-refractivity contribution < 1.29 is 0 Å². The van der Waals surface area contributed by atoms with E-state index in [4.69, 9.17) is 19.9 Å². The zero-order valence-corrected chi connectivity index (χ0v) is 27.3. The van der Waals surface area contributed by atoms with Crippen molar-refractivity contribution in [1.29, 1.82) is 0 Å². The maximum atomic E-state index is 5.08. The second-order valence-electron chi connectivity index (χ2n) is 12.7. The summed E-state index contributed by atoms with van der Waals surface area (Å²) in [5.74, 6) is 0.977. The molecule has 1 aliphatic carbocycles. The number of pyridine rings is 1. The zero-order valence-electron chi connectivity index (χ0n) is 27.3. The van der Waals surface area contributed by atoms with Crippen LogP contribution < -0.4 is 0 Å². The van der Waals surface area contributed by atoms with Crippen molar-refractivity contribution in [2.24, 2.45) is 10.9 Å². The number of hydrogen-bond acceptors (Lipinski definition) is 4. The molecule has 5 aromatic carbocycles. The molecule has 2 aliphatic rings. The molecule has 4 heteroatoms. The maximum Gasteiger partial charge on any atom is 0.160 e.